The number of rotatable bonds is 1. The molecule has 9 heteroatoms. The summed E-state index contributed by atoms with van der Waals surface area (Å²) in [4.78, 5) is 38.3. The van der Waals surface area contributed by atoms with Crippen LogP contribution in [0.25, 0.3) is 16.9 Å². The molecule has 3 aromatic rings. The first-order valence-electron chi connectivity index (χ1n) is 6.03. The Hall–Kier alpha value is -2.68. The van der Waals surface area contributed by atoms with Crippen molar-refractivity contribution in [3.63, 3.8) is 0 Å². The second-order valence-electron chi connectivity index (χ2n) is 4.71. The van der Waals surface area contributed by atoms with Gasteiger partial charge in [-0.1, -0.05) is 17.7 Å². The SMILES string of the molecule is Cc1ccc(-n2c(=O)[nH]c3c(=O)n4c(=O)n(c32)S4=O)cc1. The highest BCUT2D eigenvalue weighted by Gasteiger charge is 2.34. The number of hydrogen-bond donors (Lipinski definition) is 1. The highest BCUT2D eigenvalue weighted by atomic mass is 32.2. The van der Waals surface area contributed by atoms with Crippen molar-refractivity contribution in [2.24, 2.45) is 0 Å². The van der Waals surface area contributed by atoms with Crippen LogP contribution in [-0.4, -0.2) is 21.7 Å². The zero-order valence-corrected chi connectivity index (χ0v) is 11.5. The zero-order chi connectivity index (χ0) is 14.9. The van der Waals surface area contributed by atoms with Crippen molar-refractivity contribution < 1.29 is 4.21 Å². The van der Waals surface area contributed by atoms with Gasteiger partial charge in [0.1, 0.15) is 0 Å². The zero-order valence-electron chi connectivity index (χ0n) is 10.7. The van der Waals surface area contributed by atoms with Gasteiger partial charge in [-0.15, -0.1) is 0 Å². The van der Waals surface area contributed by atoms with Crippen molar-refractivity contribution in [1.82, 2.24) is 17.5 Å². The predicted molar refractivity (Wildman–Crippen MR) is 76.1 cm³/mol. The Balaban J connectivity index is 2.22. The Labute approximate surface area is 118 Å². The first-order chi connectivity index (χ1) is 10.0. The van der Waals surface area contributed by atoms with Crippen molar-refractivity contribution in [1.29, 1.82) is 0 Å². The molecule has 0 saturated heterocycles. The molecule has 2 bridgehead atoms. The normalized spacial score (nSPS) is 16.1. The number of nitrogens with one attached hydrogen (secondary N) is 1. The van der Waals surface area contributed by atoms with E-state index in [1.165, 1.54) is 4.57 Å². The van der Waals surface area contributed by atoms with Gasteiger partial charge >= 0.3 is 11.4 Å². The van der Waals surface area contributed by atoms with E-state index in [1.807, 2.05) is 6.92 Å². The van der Waals surface area contributed by atoms with Gasteiger partial charge in [0, 0.05) is 0 Å². The van der Waals surface area contributed by atoms with Gasteiger partial charge in [-0.05, 0) is 19.1 Å². The van der Waals surface area contributed by atoms with Crippen molar-refractivity contribution in [3.05, 3.63) is 61.2 Å². The van der Waals surface area contributed by atoms with Crippen LogP contribution < -0.4 is 16.9 Å². The monoisotopic (exact) mass is 304 g/mol. The Morgan fingerprint density at radius 3 is 2.33 bits per heavy atom. The average Bonchev–Trinajstić information content (AvgIpc) is 2.78. The number of aryl methyl sites for hydroxylation is 1. The molecule has 0 amide bonds. The van der Waals surface area contributed by atoms with Gasteiger partial charge in [0.15, 0.2) is 11.2 Å². The number of aromatic nitrogens is 4. The fourth-order valence-corrected chi connectivity index (χ4v) is 3.42. The molecule has 2 aliphatic heterocycles. The van der Waals surface area contributed by atoms with Crippen LogP contribution in [0.3, 0.4) is 0 Å². The quantitative estimate of drug-likeness (QED) is 0.499. The van der Waals surface area contributed by atoms with Crippen molar-refractivity contribution in [3.8, 4) is 5.69 Å². The van der Waals surface area contributed by atoms with Crippen molar-refractivity contribution >= 4 is 22.3 Å². The Bertz CT molecular complexity index is 1110. The van der Waals surface area contributed by atoms with E-state index in [0.29, 0.717) is 9.66 Å². The summed E-state index contributed by atoms with van der Waals surface area (Å²) in [5, 5.41) is 0. The molecule has 0 spiro atoms. The Morgan fingerprint density at radius 2 is 1.71 bits per heavy atom. The number of H-pyrrole nitrogens is 1. The molecule has 5 rings (SSSR count). The standard InChI is InChI=1S/C12H8N4O4S/c1-6-2-4-7(5-3-6)14-9-8(13-11(14)18)10(17)16-12(19)15(9)21(16)20/h2-5H,1H3,(H,13,18). The third-order valence-electron chi connectivity index (χ3n) is 3.41. The lowest BCUT2D eigenvalue weighted by Crippen LogP contribution is -2.54. The Kier molecular flexibility index (Phi) is 2.13. The van der Waals surface area contributed by atoms with Gasteiger partial charge < -0.3 is 0 Å². The molecule has 0 aliphatic carbocycles. The van der Waals surface area contributed by atoms with Crippen LogP contribution in [0, 0.1) is 6.92 Å². The minimum Gasteiger partial charge on any atom is -0.299 e. The van der Waals surface area contributed by atoms with Crippen LogP contribution in [0.5, 0.6) is 0 Å². The second-order valence-corrected chi connectivity index (χ2v) is 5.90. The van der Waals surface area contributed by atoms with E-state index in [-0.39, 0.29) is 11.2 Å². The van der Waals surface area contributed by atoms with E-state index in [2.05, 4.69) is 4.98 Å². The van der Waals surface area contributed by atoms with Gasteiger partial charge in [-0.2, -0.15) is 7.94 Å². The molecular weight excluding hydrogens is 296 g/mol. The molecule has 1 unspecified atom stereocenters. The summed E-state index contributed by atoms with van der Waals surface area (Å²) in [6.07, 6.45) is 0. The first-order valence-corrected chi connectivity index (χ1v) is 7.09. The van der Waals surface area contributed by atoms with E-state index in [4.69, 9.17) is 0 Å². The molecule has 21 heavy (non-hydrogen) atoms. The number of aromatic amines is 1. The summed E-state index contributed by atoms with van der Waals surface area (Å²) in [7, 11) is 0. The van der Waals surface area contributed by atoms with Crippen LogP contribution in [0.15, 0.2) is 38.6 Å². The van der Waals surface area contributed by atoms with Crippen LogP contribution in [-0.2, 0) is 11.2 Å². The molecule has 2 aromatic heterocycles. The van der Waals surface area contributed by atoms with Crippen molar-refractivity contribution in [2.45, 2.75) is 6.92 Å². The van der Waals surface area contributed by atoms with Gasteiger partial charge in [-0.25, -0.2) is 18.4 Å². The van der Waals surface area contributed by atoms with Crippen molar-refractivity contribution in [2.75, 3.05) is 0 Å². The summed E-state index contributed by atoms with van der Waals surface area (Å²) in [6, 6.07) is 6.98. The smallest absolute Gasteiger partial charge is 0.299 e. The van der Waals surface area contributed by atoms with Gasteiger partial charge in [-0.3, -0.25) is 9.78 Å². The largest absolute Gasteiger partial charge is 0.360 e. The fraction of sp³-hybridized carbons (Fsp3) is 0.0833. The van der Waals surface area contributed by atoms with E-state index in [0.717, 1.165) is 9.54 Å². The van der Waals surface area contributed by atoms with Gasteiger partial charge in [0.05, 0.1) is 5.69 Å². The van der Waals surface area contributed by atoms with E-state index in [1.54, 1.807) is 24.3 Å². The molecule has 1 N–H and O–H groups in total. The number of benzene rings is 1. The lowest BCUT2D eigenvalue weighted by molar-refractivity contribution is 0.645. The number of nitrogens with zero attached hydrogens (tertiary/aromatic N) is 3. The summed E-state index contributed by atoms with van der Waals surface area (Å²) >= 11 is -1.90. The minimum absolute atomic E-state index is 0.0275. The summed E-state index contributed by atoms with van der Waals surface area (Å²) in [5.74, 6) is 0. The molecule has 4 heterocycles. The molecule has 8 nitrogen and oxygen atoms in total. The van der Waals surface area contributed by atoms with Crippen LogP contribution in [0.4, 0.5) is 0 Å². The molecule has 1 aromatic carbocycles. The third-order valence-corrected chi connectivity index (χ3v) is 4.69. The maximum absolute atomic E-state index is 12.1. The first kappa shape index (κ1) is 12.1. The fourth-order valence-electron chi connectivity index (χ4n) is 2.39. The van der Waals surface area contributed by atoms with Gasteiger partial charge in [0.2, 0.25) is 11.2 Å². The minimum atomic E-state index is -1.90. The summed E-state index contributed by atoms with van der Waals surface area (Å²) < 4.78 is 14.6. The molecular formula is C12H8N4O4S. The average molecular weight is 304 g/mol. The molecule has 106 valence electrons. The van der Waals surface area contributed by atoms with E-state index < -0.39 is 28.1 Å². The molecule has 2 aliphatic rings. The summed E-state index contributed by atoms with van der Waals surface area (Å²) in [6.45, 7) is 1.90. The van der Waals surface area contributed by atoms with Gasteiger partial charge in [0.25, 0.3) is 5.56 Å². The van der Waals surface area contributed by atoms with Crippen LogP contribution in [0.1, 0.15) is 5.56 Å². The lowest BCUT2D eigenvalue weighted by Gasteiger charge is -2.18. The molecule has 0 saturated carbocycles. The maximum atomic E-state index is 12.1. The highest BCUT2D eigenvalue weighted by Crippen LogP contribution is 2.16. The van der Waals surface area contributed by atoms with Crippen LogP contribution in [0.2, 0.25) is 0 Å². The third kappa shape index (κ3) is 1.33. The number of imidazole rings is 1. The van der Waals surface area contributed by atoms with E-state index in [9.17, 15) is 18.6 Å². The predicted octanol–water partition coefficient (Wildman–Crippen LogP) is -0.761. The maximum Gasteiger partial charge on any atom is 0.360 e. The topological polar surface area (TPSA) is 98.9 Å². The Morgan fingerprint density at radius 1 is 1.05 bits per heavy atom. The second kappa shape index (κ2) is 3.70. The molecule has 0 radical (unpaired) electrons. The molecule has 1 atom stereocenters. The number of hydrogen-bond acceptors (Lipinski definition) is 4. The summed E-state index contributed by atoms with van der Waals surface area (Å²) in [5.41, 5.74) is -0.511. The van der Waals surface area contributed by atoms with Crippen LogP contribution >= 0.6 is 0 Å². The lowest BCUT2D eigenvalue weighted by atomic mass is 10.2. The van der Waals surface area contributed by atoms with E-state index >= 15 is 0 Å². The highest BCUT2D eigenvalue weighted by molar-refractivity contribution is 7.83. The molecule has 0 fully saturated rings.